The maximum absolute atomic E-state index is 9.84. The molecule has 2 aromatic heterocycles. The lowest BCUT2D eigenvalue weighted by Crippen LogP contribution is -1.88. The number of H-pyrrole nitrogens is 1. The Kier molecular flexibility index (Phi) is 1.83. The fraction of sp³-hybridized carbons (Fsp3) is 0. The highest BCUT2D eigenvalue weighted by Gasteiger charge is 2.13. The molecule has 0 fully saturated rings. The molecule has 3 aromatic rings. The molecule has 0 atom stereocenters. The van der Waals surface area contributed by atoms with Crippen LogP contribution in [0.25, 0.3) is 22.2 Å². The second-order valence-corrected chi connectivity index (χ2v) is 3.40. The Bertz CT molecular complexity index is 633. The molecule has 5 heteroatoms. The van der Waals surface area contributed by atoms with E-state index in [1.54, 1.807) is 12.3 Å². The lowest BCUT2D eigenvalue weighted by atomic mass is 10.1. The van der Waals surface area contributed by atoms with Gasteiger partial charge in [0.1, 0.15) is 5.69 Å². The number of nitrogens with zero attached hydrogens (tertiary/aromatic N) is 3. The normalized spacial score (nSPS) is 10.8. The van der Waals surface area contributed by atoms with Crippen LogP contribution in [0.15, 0.2) is 36.5 Å². The largest absolute Gasteiger partial charge is 0.494 e. The van der Waals surface area contributed by atoms with Gasteiger partial charge >= 0.3 is 0 Å². The molecule has 0 saturated carbocycles. The summed E-state index contributed by atoms with van der Waals surface area (Å²) in [6.07, 6.45) is 1.55. The van der Waals surface area contributed by atoms with Gasteiger partial charge in [0.25, 0.3) is 0 Å². The molecular formula is C11H8N4O. The van der Waals surface area contributed by atoms with Crippen LogP contribution in [0.1, 0.15) is 0 Å². The van der Waals surface area contributed by atoms with Crippen LogP contribution in [0.3, 0.4) is 0 Å². The number of hydrogen-bond donors (Lipinski definition) is 2. The summed E-state index contributed by atoms with van der Waals surface area (Å²) in [5, 5.41) is 21.8. The van der Waals surface area contributed by atoms with Gasteiger partial charge in [0, 0.05) is 10.9 Å². The van der Waals surface area contributed by atoms with E-state index in [1.807, 2.05) is 24.3 Å². The molecule has 2 heterocycles. The Morgan fingerprint density at radius 3 is 2.81 bits per heavy atom. The van der Waals surface area contributed by atoms with E-state index in [9.17, 15) is 5.11 Å². The van der Waals surface area contributed by atoms with E-state index < -0.39 is 0 Å². The summed E-state index contributed by atoms with van der Waals surface area (Å²) in [6, 6.07) is 9.34. The van der Waals surface area contributed by atoms with Crippen molar-refractivity contribution in [2.75, 3.05) is 0 Å². The highest BCUT2D eigenvalue weighted by Crippen LogP contribution is 2.34. The maximum atomic E-state index is 9.84. The van der Waals surface area contributed by atoms with Crippen LogP contribution in [-0.2, 0) is 0 Å². The SMILES string of the molecule is Oc1[nH]c2ccccc2c1-c1ccnnn1. The molecule has 16 heavy (non-hydrogen) atoms. The van der Waals surface area contributed by atoms with Crippen molar-refractivity contribution in [3.05, 3.63) is 36.5 Å². The van der Waals surface area contributed by atoms with Crippen LogP contribution >= 0.6 is 0 Å². The highest BCUT2D eigenvalue weighted by atomic mass is 16.3. The second kappa shape index (κ2) is 3.30. The van der Waals surface area contributed by atoms with Crippen molar-refractivity contribution in [1.82, 2.24) is 20.4 Å². The van der Waals surface area contributed by atoms with Gasteiger partial charge in [0.15, 0.2) is 5.88 Å². The summed E-state index contributed by atoms with van der Waals surface area (Å²) in [5.41, 5.74) is 2.13. The summed E-state index contributed by atoms with van der Waals surface area (Å²) in [6.45, 7) is 0. The topological polar surface area (TPSA) is 74.7 Å². The molecule has 2 N–H and O–H groups in total. The molecule has 0 aliphatic rings. The summed E-state index contributed by atoms with van der Waals surface area (Å²) in [5.74, 6) is 0.0988. The average Bonchev–Trinajstić information content (AvgIpc) is 2.66. The zero-order valence-electron chi connectivity index (χ0n) is 8.25. The number of aromatic nitrogens is 4. The minimum Gasteiger partial charge on any atom is -0.494 e. The predicted molar refractivity (Wildman–Crippen MR) is 58.8 cm³/mol. The lowest BCUT2D eigenvalue weighted by molar-refractivity contribution is 0.460. The zero-order chi connectivity index (χ0) is 11.0. The molecule has 78 valence electrons. The van der Waals surface area contributed by atoms with Crippen LogP contribution < -0.4 is 0 Å². The van der Waals surface area contributed by atoms with Crippen molar-refractivity contribution in [3.63, 3.8) is 0 Å². The van der Waals surface area contributed by atoms with Gasteiger partial charge in [-0.15, -0.1) is 10.2 Å². The Hall–Kier alpha value is -2.43. The van der Waals surface area contributed by atoms with Crippen LogP contribution in [0, 0.1) is 0 Å². The first kappa shape index (κ1) is 8.84. The third kappa shape index (κ3) is 1.22. The Morgan fingerprint density at radius 1 is 1.12 bits per heavy atom. The van der Waals surface area contributed by atoms with E-state index >= 15 is 0 Å². The standard InChI is InChI=1S/C11H8N4O/c16-11-10(9-5-6-12-15-14-9)7-3-1-2-4-8(7)13-11/h1-6,13,16H. The summed E-state index contributed by atoms with van der Waals surface area (Å²) >= 11 is 0. The van der Waals surface area contributed by atoms with E-state index in [0.29, 0.717) is 11.3 Å². The van der Waals surface area contributed by atoms with Gasteiger partial charge in [-0.1, -0.05) is 18.2 Å². The molecule has 0 spiro atoms. The first-order valence-corrected chi connectivity index (χ1v) is 4.80. The fourth-order valence-electron chi connectivity index (χ4n) is 1.76. The summed E-state index contributed by atoms with van der Waals surface area (Å²) < 4.78 is 0. The molecule has 0 aliphatic carbocycles. The molecule has 3 rings (SSSR count). The lowest BCUT2D eigenvalue weighted by Gasteiger charge is -1.96. The smallest absolute Gasteiger partial charge is 0.199 e. The first-order chi connectivity index (χ1) is 7.86. The van der Waals surface area contributed by atoms with Crippen molar-refractivity contribution in [1.29, 1.82) is 0 Å². The van der Waals surface area contributed by atoms with E-state index in [0.717, 1.165) is 10.9 Å². The Labute approximate surface area is 90.8 Å². The van der Waals surface area contributed by atoms with Gasteiger partial charge in [-0.25, -0.2) is 0 Å². The molecule has 0 unspecified atom stereocenters. The van der Waals surface area contributed by atoms with Crippen molar-refractivity contribution in [2.24, 2.45) is 0 Å². The van der Waals surface area contributed by atoms with Gasteiger partial charge in [-0.2, -0.15) is 0 Å². The predicted octanol–water partition coefficient (Wildman–Crippen LogP) is 1.73. The Morgan fingerprint density at radius 2 is 2.00 bits per heavy atom. The van der Waals surface area contributed by atoms with E-state index in [-0.39, 0.29) is 5.88 Å². The van der Waals surface area contributed by atoms with E-state index in [1.165, 1.54) is 0 Å². The first-order valence-electron chi connectivity index (χ1n) is 4.80. The van der Waals surface area contributed by atoms with E-state index in [2.05, 4.69) is 20.4 Å². The molecule has 0 amide bonds. The number of hydrogen-bond acceptors (Lipinski definition) is 4. The van der Waals surface area contributed by atoms with Crippen molar-refractivity contribution in [3.8, 4) is 17.1 Å². The van der Waals surface area contributed by atoms with Gasteiger partial charge in [0.2, 0.25) is 0 Å². The monoisotopic (exact) mass is 212 g/mol. The van der Waals surface area contributed by atoms with Crippen molar-refractivity contribution < 1.29 is 5.11 Å². The maximum Gasteiger partial charge on any atom is 0.199 e. The number of aromatic hydroxyl groups is 1. The van der Waals surface area contributed by atoms with Crippen molar-refractivity contribution >= 4 is 10.9 Å². The van der Waals surface area contributed by atoms with Crippen LogP contribution in [0.5, 0.6) is 5.88 Å². The quantitative estimate of drug-likeness (QED) is 0.644. The third-order valence-corrected chi connectivity index (χ3v) is 2.45. The van der Waals surface area contributed by atoms with Crippen LogP contribution in [0.4, 0.5) is 0 Å². The molecule has 0 saturated heterocycles. The molecule has 1 aromatic carbocycles. The molecule has 0 bridgehead atoms. The van der Waals surface area contributed by atoms with E-state index in [4.69, 9.17) is 0 Å². The summed E-state index contributed by atoms with van der Waals surface area (Å²) in [4.78, 5) is 2.89. The number of fused-ring (bicyclic) bond motifs is 1. The molecule has 5 nitrogen and oxygen atoms in total. The Balaban J connectivity index is 2.35. The van der Waals surface area contributed by atoms with Gasteiger partial charge < -0.3 is 10.1 Å². The highest BCUT2D eigenvalue weighted by molar-refractivity contribution is 5.97. The average molecular weight is 212 g/mol. The third-order valence-electron chi connectivity index (χ3n) is 2.45. The van der Waals surface area contributed by atoms with Gasteiger partial charge in [-0.05, 0) is 17.3 Å². The van der Waals surface area contributed by atoms with Crippen LogP contribution in [0.2, 0.25) is 0 Å². The molecule has 0 radical (unpaired) electrons. The molecule has 0 aliphatic heterocycles. The number of aromatic amines is 1. The number of benzene rings is 1. The number of nitrogens with one attached hydrogen (secondary N) is 1. The van der Waals surface area contributed by atoms with Crippen molar-refractivity contribution in [2.45, 2.75) is 0 Å². The molecular weight excluding hydrogens is 204 g/mol. The fourth-order valence-corrected chi connectivity index (χ4v) is 1.76. The number of para-hydroxylation sites is 1. The summed E-state index contributed by atoms with van der Waals surface area (Å²) in [7, 11) is 0. The van der Waals surface area contributed by atoms with Gasteiger partial charge in [0.05, 0.1) is 11.8 Å². The minimum absolute atomic E-state index is 0.0988. The second-order valence-electron chi connectivity index (χ2n) is 3.40. The number of rotatable bonds is 1. The minimum atomic E-state index is 0.0988. The van der Waals surface area contributed by atoms with Gasteiger partial charge in [-0.3, -0.25) is 0 Å². The van der Waals surface area contributed by atoms with Crippen LogP contribution in [-0.4, -0.2) is 25.5 Å². The zero-order valence-corrected chi connectivity index (χ0v) is 8.25.